The lowest BCUT2D eigenvalue weighted by molar-refractivity contribution is 0.0167. The van der Waals surface area contributed by atoms with Gasteiger partial charge in [0, 0.05) is 12.6 Å². The van der Waals surface area contributed by atoms with Gasteiger partial charge in [-0.3, -0.25) is 4.90 Å². The smallest absolute Gasteiger partial charge is 0.0719 e. The van der Waals surface area contributed by atoms with Gasteiger partial charge in [-0.25, -0.2) is 0 Å². The van der Waals surface area contributed by atoms with Crippen LogP contribution in [0, 0.1) is 0 Å². The Balaban J connectivity index is 0.00000110. The molecular weight excluding hydrogens is 307 g/mol. The largest absolute Gasteiger partial charge is 0.391 e. The van der Waals surface area contributed by atoms with Crippen molar-refractivity contribution in [2.24, 2.45) is 0 Å². The molecule has 0 aliphatic carbocycles. The first-order valence-electron chi connectivity index (χ1n) is 7.52. The van der Waals surface area contributed by atoms with E-state index >= 15 is 0 Å². The lowest BCUT2D eigenvalue weighted by atomic mass is 9.88. The maximum Gasteiger partial charge on any atom is 0.0719 e. The third-order valence-electron chi connectivity index (χ3n) is 4.68. The van der Waals surface area contributed by atoms with Crippen molar-refractivity contribution >= 4 is 24.8 Å². The Bertz CT molecular complexity index is 397. The molecule has 5 heteroatoms. The highest BCUT2D eigenvalue weighted by molar-refractivity contribution is 5.85. The predicted octanol–water partition coefficient (Wildman–Crippen LogP) is 2.43. The Hall–Kier alpha value is -0.320. The van der Waals surface area contributed by atoms with Crippen LogP contribution in [0.1, 0.15) is 30.7 Å². The van der Waals surface area contributed by atoms with Crippen molar-refractivity contribution < 1.29 is 5.11 Å². The topological polar surface area (TPSA) is 35.5 Å². The molecule has 2 aliphatic heterocycles. The molecular formula is C16H26Cl2N2O. The number of halogens is 2. The molecule has 0 amide bonds. The molecule has 0 spiro atoms. The monoisotopic (exact) mass is 332 g/mol. The summed E-state index contributed by atoms with van der Waals surface area (Å²) in [6.45, 7) is 4.13. The molecule has 2 N–H and O–H groups in total. The zero-order chi connectivity index (χ0) is 13.1. The number of aliphatic hydroxyl groups is 1. The van der Waals surface area contributed by atoms with Crippen LogP contribution in [0.15, 0.2) is 30.3 Å². The second-order valence-corrected chi connectivity index (χ2v) is 5.85. The van der Waals surface area contributed by atoms with Crippen LogP contribution in [-0.2, 0) is 0 Å². The van der Waals surface area contributed by atoms with Crippen LogP contribution in [0.2, 0.25) is 0 Å². The van der Waals surface area contributed by atoms with Gasteiger partial charge in [-0.05, 0) is 50.4 Å². The van der Waals surface area contributed by atoms with E-state index in [9.17, 15) is 5.11 Å². The quantitative estimate of drug-likeness (QED) is 0.873. The van der Waals surface area contributed by atoms with Crippen molar-refractivity contribution in [2.45, 2.75) is 37.3 Å². The van der Waals surface area contributed by atoms with Gasteiger partial charge in [0.2, 0.25) is 0 Å². The van der Waals surface area contributed by atoms with Gasteiger partial charge in [0.15, 0.2) is 0 Å². The second kappa shape index (κ2) is 8.96. The number of hydrogen-bond acceptors (Lipinski definition) is 3. The third kappa shape index (κ3) is 4.57. The van der Waals surface area contributed by atoms with Gasteiger partial charge in [-0.15, -0.1) is 24.8 Å². The molecule has 3 nitrogen and oxygen atoms in total. The summed E-state index contributed by atoms with van der Waals surface area (Å²) in [5.74, 6) is 0.700. The van der Waals surface area contributed by atoms with Crippen molar-refractivity contribution in [3.8, 4) is 0 Å². The molecule has 0 aromatic heterocycles. The minimum absolute atomic E-state index is 0. The van der Waals surface area contributed by atoms with Gasteiger partial charge in [0.05, 0.1) is 6.10 Å². The lowest BCUT2D eigenvalue weighted by Gasteiger charge is -2.41. The number of piperidine rings is 2. The highest BCUT2D eigenvalue weighted by atomic mass is 35.5. The summed E-state index contributed by atoms with van der Waals surface area (Å²) >= 11 is 0. The Morgan fingerprint density at radius 3 is 2.29 bits per heavy atom. The molecule has 0 saturated carbocycles. The number of nitrogens with zero attached hydrogens (tertiary/aromatic N) is 1. The van der Waals surface area contributed by atoms with Gasteiger partial charge in [0.25, 0.3) is 0 Å². The number of hydrogen-bond donors (Lipinski definition) is 2. The van der Waals surface area contributed by atoms with Crippen LogP contribution in [0.4, 0.5) is 0 Å². The van der Waals surface area contributed by atoms with E-state index < -0.39 is 0 Å². The third-order valence-corrected chi connectivity index (χ3v) is 4.68. The Morgan fingerprint density at radius 2 is 1.67 bits per heavy atom. The summed E-state index contributed by atoms with van der Waals surface area (Å²) in [6, 6.07) is 11.2. The molecule has 2 fully saturated rings. The number of likely N-dealkylation sites (tertiary alicyclic amines) is 1. The Labute approximate surface area is 139 Å². The summed E-state index contributed by atoms with van der Waals surface area (Å²) in [7, 11) is 0. The summed E-state index contributed by atoms with van der Waals surface area (Å²) < 4.78 is 0. The molecule has 120 valence electrons. The SMILES string of the molecule is Cl.Cl.O[C@@H]1CCNC[C@H]1N1CCC(c2ccccc2)CC1. The Kier molecular flexibility index (Phi) is 7.99. The van der Waals surface area contributed by atoms with Crippen LogP contribution >= 0.6 is 24.8 Å². The standard InChI is InChI=1S/C16H24N2O.2ClH/c19-16-6-9-17-12-15(16)18-10-7-14(8-11-18)13-4-2-1-3-5-13;;/h1-5,14-17,19H,6-12H2;2*1H/t15-,16-;;/m1../s1. The summed E-state index contributed by atoms with van der Waals surface area (Å²) in [5, 5.41) is 13.5. The zero-order valence-electron chi connectivity index (χ0n) is 12.3. The highest BCUT2D eigenvalue weighted by Crippen LogP contribution is 2.29. The van der Waals surface area contributed by atoms with E-state index in [1.165, 1.54) is 18.4 Å². The van der Waals surface area contributed by atoms with Crippen LogP contribution < -0.4 is 5.32 Å². The molecule has 3 rings (SSSR count). The summed E-state index contributed by atoms with van der Waals surface area (Å²) in [4.78, 5) is 2.48. The first-order valence-corrected chi connectivity index (χ1v) is 7.52. The van der Waals surface area contributed by atoms with E-state index in [0.29, 0.717) is 12.0 Å². The van der Waals surface area contributed by atoms with Crippen LogP contribution in [0.25, 0.3) is 0 Å². The van der Waals surface area contributed by atoms with Crippen molar-refractivity contribution in [3.63, 3.8) is 0 Å². The molecule has 1 aromatic carbocycles. The normalized spacial score (nSPS) is 27.5. The van der Waals surface area contributed by atoms with E-state index in [-0.39, 0.29) is 30.9 Å². The van der Waals surface area contributed by atoms with Crippen molar-refractivity contribution in [1.82, 2.24) is 10.2 Å². The van der Waals surface area contributed by atoms with Crippen LogP contribution in [-0.4, -0.2) is 48.3 Å². The van der Waals surface area contributed by atoms with E-state index in [2.05, 4.69) is 40.5 Å². The molecule has 0 radical (unpaired) electrons. The van der Waals surface area contributed by atoms with Crippen LogP contribution in [0.3, 0.4) is 0 Å². The van der Waals surface area contributed by atoms with E-state index in [1.54, 1.807) is 0 Å². The van der Waals surface area contributed by atoms with Gasteiger partial charge in [-0.1, -0.05) is 30.3 Å². The van der Waals surface area contributed by atoms with Crippen LogP contribution in [0.5, 0.6) is 0 Å². The molecule has 2 atom stereocenters. The first-order chi connectivity index (χ1) is 9.34. The fourth-order valence-electron chi connectivity index (χ4n) is 3.49. The van der Waals surface area contributed by atoms with Crippen molar-refractivity contribution in [3.05, 3.63) is 35.9 Å². The fraction of sp³-hybridized carbons (Fsp3) is 0.625. The maximum absolute atomic E-state index is 10.1. The molecule has 2 saturated heterocycles. The molecule has 0 bridgehead atoms. The zero-order valence-corrected chi connectivity index (χ0v) is 13.9. The molecule has 2 heterocycles. The average Bonchev–Trinajstić information content (AvgIpc) is 2.49. The minimum atomic E-state index is -0.144. The molecule has 1 aromatic rings. The summed E-state index contributed by atoms with van der Waals surface area (Å²) in [5.41, 5.74) is 1.48. The van der Waals surface area contributed by atoms with E-state index in [1.807, 2.05) is 0 Å². The highest BCUT2D eigenvalue weighted by Gasteiger charge is 2.31. The van der Waals surface area contributed by atoms with Gasteiger partial charge in [-0.2, -0.15) is 0 Å². The van der Waals surface area contributed by atoms with Gasteiger partial charge < -0.3 is 10.4 Å². The number of benzene rings is 1. The average molecular weight is 333 g/mol. The number of nitrogens with one attached hydrogen (secondary N) is 1. The van der Waals surface area contributed by atoms with E-state index in [0.717, 1.165) is 32.6 Å². The number of aliphatic hydroxyl groups excluding tert-OH is 1. The molecule has 21 heavy (non-hydrogen) atoms. The molecule has 0 unspecified atom stereocenters. The lowest BCUT2D eigenvalue weighted by Crippen LogP contribution is -2.55. The molecule has 2 aliphatic rings. The predicted molar refractivity (Wildman–Crippen MR) is 91.8 cm³/mol. The Morgan fingerprint density at radius 1 is 1.00 bits per heavy atom. The van der Waals surface area contributed by atoms with E-state index in [4.69, 9.17) is 0 Å². The van der Waals surface area contributed by atoms with Gasteiger partial charge in [0.1, 0.15) is 0 Å². The minimum Gasteiger partial charge on any atom is -0.391 e. The number of rotatable bonds is 2. The fourth-order valence-corrected chi connectivity index (χ4v) is 3.49. The first kappa shape index (κ1) is 18.7. The second-order valence-electron chi connectivity index (χ2n) is 5.85. The van der Waals surface area contributed by atoms with Gasteiger partial charge >= 0.3 is 0 Å². The maximum atomic E-state index is 10.1. The summed E-state index contributed by atoms with van der Waals surface area (Å²) in [6.07, 6.45) is 3.18. The van der Waals surface area contributed by atoms with Crippen molar-refractivity contribution in [1.29, 1.82) is 0 Å². The van der Waals surface area contributed by atoms with Crippen molar-refractivity contribution in [2.75, 3.05) is 26.2 Å².